The van der Waals surface area contributed by atoms with Crippen LogP contribution in [-0.4, -0.2) is 11.7 Å². The van der Waals surface area contributed by atoms with Crippen LogP contribution in [0.5, 0.6) is 0 Å². The zero-order valence-corrected chi connectivity index (χ0v) is 12.3. The molecule has 0 saturated carbocycles. The molecule has 98 valence electrons. The molecule has 0 fully saturated rings. The topological polar surface area (TPSA) is 20.3 Å². The maximum absolute atomic E-state index is 12.1. The second-order valence-electron chi connectivity index (χ2n) is 3.79. The third kappa shape index (κ3) is 3.06. The van der Waals surface area contributed by atoms with Crippen molar-refractivity contribution < 1.29 is 4.79 Å². The van der Waals surface area contributed by atoms with Crippen LogP contribution < -0.4 is 4.90 Å². The summed E-state index contributed by atoms with van der Waals surface area (Å²) in [7, 11) is 0. The van der Waals surface area contributed by atoms with E-state index in [4.69, 9.17) is 23.2 Å². The van der Waals surface area contributed by atoms with Crippen molar-refractivity contribution in [3.8, 4) is 0 Å². The normalized spacial score (nSPS) is 10.3. The van der Waals surface area contributed by atoms with E-state index in [1.165, 1.54) is 4.90 Å². The largest absolute Gasteiger partial charge is 0.277 e. The number of para-hydroxylation sites is 2. The minimum Gasteiger partial charge on any atom is -0.277 e. The first-order valence-electron chi connectivity index (χ1n) is 5.58. The maximum Gasteiger partial charge on any atom is 0.241 e. The Kier molecular flexibility index (Phi) is 4.75. The van der Waals surface area contributed by atoms with Gasteiger partial charge in [0.1, 0.15) is 0 Å². The zero-order chi connectivity index (χ0) is 13.8. The van der Waals surface area contributed by atoms with E-state index < -0.39 is 0 Å². The minimum atomic E-state index is -0.190. The van der Waals surface area contributed by atoms with E-state index in [0.29, 0.717) is 21.4 Å². The molecule has 0 atom stereocenters. The standard InChI is InChI=1S/C14H11Cl2NOS/c15-11-7-4-8-12(16)14(11)17(13(18)9-19)10-5-2-1-3-6-10/h1-8,19H,9H2. The van der Waals surface area contributed by atoms with Gasteiger partial charge in [-0.25, -0.2) is 0 Å². The van der Waals surface area contributed by atoms with Gasteiger partial charge in [0.05, 0.1) is 21.5 Å². The third-order valence-corrected chi connectivity index (χ3v) is 3.44. The average molecular weight is 312 g/mol. The van der Waals surface area contributed by atoms with E-state index in [1.807, 2.05) is 30.3 Å². The van der Waals surface area contributed by atoms with E-state index in [9.17, 15) is 4.79 Å². The van der Waals surface area contributed by atoms with Crippen LogP contribution in [0.25, 0.3) is 0 Å². The Morgan fingerprint density at radius 2 is 1.58 bits per heavy atom. The molecule has 1 amide bonds. The molecule has 0 aromatic heterocycles. The number of thiol groups is 1. The number of carbonyl (C=O) groups excluding carboxylic acids is 1. The summed E-state index contributed by atoms with van der Waals surface area (Å²) in [6, 6.07) is 14.3. The molecule has 0 spiro atoms. The highest BCUT2D eigenvalue weighted by atomic mass is 35.5. The first-order chi connectivity index (χ1) is 9.15. The molecule has 0 N–H and O–H groups in total. The summed E-state index contributed by atoms with van der Waals surface area (Å²) in [6.07, 6.45) is 0. The number of halogens is 2. The second-order valence-corrected chi connectivity index (χ2v) is 4.92. The molecule has 2 aromatic rings. The summed E-state index contributed by atoms with van der Waals surface area (Å²) in [5.41, 5.74) is 1.19. The molecule has 0 saturated heterocycles. The van der Waals surface area contributed by atoms with Crippen molar-refractivity contribution in [2.24, 2.45) is 0 Å². The van der Waals surface area contributed by atoms with Crippen LogP contribution in [0.1, 0.15) is 0 Å². The molecule has 19 heavy (non-hydrogen) atoms. The van der Waals surface area contributed by atoms with Crippen LogP contribution in [0.15, 0.2) is 48.5 Å². The molecular formula is C14H11Cl2NOS. The van der Waals surface area contributed by atoms with Gasteiger partial charge in [-0.3, -0.25) is 9.69 Å². The van der Waals surface area contributed by atoms with Crippen molar-refractivity contribution in [2.45, 2.75) is 0 Å². The van der Waals surface area contributed by atoms with Crippen molar-refractivity contribution >= 4 is 53.1 Å². The predicted molar refractivity (Wildman–Crippen MR) is 83.9 cm³/mol. The van der Waals surface area contributed by atoms with Crippen LogP contribution in [0.4, 0.5) is 11.4 Å². The Hall–Kier alpha value is -1.16. The predicted octanol–water partition coefficient (Wildman–Crippen LogP) is 4.59. The quantitative estimate of drug-likeness (QED) is 0.822. The van der Waals surface area contributed by atoms with E-state index in [-0.39, 0.29) is 11.7 Å². The van der Waals surface area contributed by atoms with Crippen molar-refractivity contribution in [2.75, 3.05) is 10.7 Å². The molecule has 0 unspecified atom stereocenters. The van der Waals surface area contributed by atoms with Crippen LogP contribution in [0.3, 0.4) is 0 Å². The summed E-state index contributed by atoms with van der Waals surface area (Å²) in [6.45, 7) is 0. The van der Waals surface area contributed by atoms with Crippen LogP contribution in [0.2, 0.25) is 10.0 Å². The SMILES string of the molecule is O=C(CS)N(c1ccccc1)c1c(Cl)cccc1Cl. The highest BCUT2D eigenvalue weighted by Gasteiger charge is 2.21. The lowest BCUT2D eigenvalue weighted by Crippen LogP contribution is -2.27. The van der Waals surface area contributed by atoms with Gasteiger partial charge in [0.25, 0.3) is 0 Å². The van der Waals surface area contributed by atoms with Crippen LogP contribution >= 0.6 is 35.8 Å². The third-order valence-electron chi connectivity index (χ3n) is 2.56. The Morgan fingerprint density at radius 1 is 1.00 bits per heavy atom. The van der Waals surface area contributed by atoms with Crippen molar-refractivity contribution in [1.29, 1.82) is 0 Å². The van der Waals surface area contributed by atoms with Crippen molar-refractivity contribution in [3.05, 3.63) is 58.6 Å². The Bertz CT molecular complexity index is 569. The average Bonchev–Trinajstić information content (AvgIpc) is 2.43. The van der Waals surface area contributed by atoms with Gasteiger partial charge < -0.3 is 0 Å². The molecule has 2 nitrogen and oxygen atoms in total. The Labute approximate surface area is 127 Å². The fourth-order valence-corrected chi connectivity index (χ4v) is 2.46. The van der Waals surface area contributed by atoms with Gasteiger partial charge in [0.15, 0.2) is 0 Å². The van der Waals surface area contributed by atoms with E-state index >= 15 is 0 Å². The van der Waals surface area contributed by atoms with E-state index in [1.54, 1.807) is 18.2 Å². The summed E-state index contributed by atoms with van der Waals surface area (Å²) in [5.74, 6) is -0.124. The monoisotopic (exact) mass is 311 g/mol. The number of carbonyl (C=O) groups is 1. The summed E-state index contributed by atoms with van der Waals surface area (Å²) in [5, 5.41) is 0.845. The van der Waals surface area contributed by atoms with Gasteiger partial charge >= 0.3 is 0 Å². The number of rotatable bonds is 3. The smallest absolute Gasteiger partial charge is 0.241 e. The molecule has 0 bridgehead atoms. The first-order valence-corrected chi connectivity index (χ1v) is 6.97. The fraction of sp³-hybridized carbons (Fsp3) is 0.0714. The molecule has 0 heterocycles. The van der Waals surface area contributed by atoms with Crippen LogP contribution in [-0.2, 0) is 4.79 Å². The fourth-order valence-electron chi connectivity index (χ4n) is 1.75. The summed E-state index contributed by atoms with van der Waals surface area (Å²) < 4.78 is 0. The molecule has 2 rings (SSSR count). The van der Waals surface area contributed by atoms with Crippen LogP contribution in [0, 0.1) is 0 Å². The molecular weight excluding hydrogens is 301 g/mol. The lowest BCUT2D eigenvalue weighted by atomic mass is 10.2. The molecule has 0 aliphatic rings. The second kappa shape index (κ2) is 6.33. The first kappa shape index (κ1) is 14.3. The molecule has 5 heteroatoms. The maximum atomic E-state index is 12.1. The molecule has 0 radical (unpaired) electrons. The van der Waals surface area contributed by atoms with E-state index in [0.717, 1.165) is 0 Å². The molecule has 0 aliphatic carbocycles. The number of anilines is 2. The zero-order valence-electron chi connectivity index (χ0n) is 9.88. The Morgan fingerprint density at radius 3 is 2.11 bits per heavy atom. The van der Waals surface area contributed by atoms with Crippen molar-refractivity contribution in [3.63, 3.8) is 0 Å². The highest BCUT2D eigenvalue weighted by molar-refractivity contribution is 7.81. The van der Waals surface area contributed by atoms with Gasteiger partial charge in [0.2, 0.25) is 5.91 Å². The van der Waals surface area contributed by atoms with Gasteiger partial charge in [-0.15, -0.1) is 0 Å². The van der Waals surface area contributed by atoms with Gasteiger partial charge in [-0.2, -0.15) is 12.6 Å². The van der Waals surface area contributed by atoms with Gasteiger partial charge in [-0.1, -0.05) is 47.5 Å². The number of amides is 1. The Balaban J connectivity index is 2.59. The molecule has 0 aliphatic heterocycles. The minimum absolute atomic E-state index is 0.0659. The number of nitrogens with zero attached hydrogens (tertiary/aromatic N) is 1. The number of hydrogen-bond donors (Lipinski definition) is 1. The van der Waals surface area contributed by atoms with E-state index in [2.05, 4.69) is 12.6 Å². The van der Waals surface area contributed by atoms with Crippen molar-refractivity contribution in [1.82, 2.24) is 0 Å². The lowest BCUT2D eigenvalue weighted by Gasteiger charge is -2.24. The number of benzene rings is 2. The lowest BCUT2D eigenvalue weighted by molar-refractivity contribution is -0.115. The molecule has 2 aromatic carbocycles. The highest BCUT2D eigenvalue weighted by Crippen LogP contribution is 2.37. The summed E-state index contributed by atoms with van der Waals surface area (Å²) in [4.78, 5) is 13.6. The van der Waals surface area contributed by atoms with Gasteiger partial charge in [-0.05, 0) is 24.3 Å². The summed E-state index contributed by atoms with van der Waals surface area (Å²) >= 11 is 16.4. The van der Waals surface area contributed by atoms with Gasteiger partial charge in [0, 0.05) is 5.69 Å². The number of hydrogen-bond acceptors (Lipinski definition) is 2.